The molecule has 0 unspecified atom stereocenters. The van der Waals surface area contributed by atoms with Crippen molar-refractivity contribution in [2.75, 3.05) is 6.73 Å². The third-order valence-corrected chi connectivity index (χ3v) is 3.34. The highest BCUT2D eigenvalue weighted by Crippen LogP contribution is 2.38. The molecule has 4 heteroatoms. The molecule has 3 aromatic rings. The van der Waals surface area contributed by atoms with E-state index in [0.717, 1.165) is 28.0 Å². The van der Waals surface area contributed by atoms with Gasteiger partial charge in [0.05, 0.1) is 5.52 Å². The van der Waals surface area contributed by atoms with Gasteiger partial charge in [-0.2, -0.15) is 0 Å². The summed E-state index contributed by atoms with van der Waals surface area (Å²) >= 11 is 0. The van der Waals surface area contributed by atoms with Crippen LogP contribution in [0.5, 0.6) is 5.75 Å². The summed E-state index contributed by atoms with van der Waals surface area (Å²) in [6.07, 6.45) is 1.79. The maximum atomic E-state index is 5.80. The number of aromatic nitrogens is 1. The molecule has 0 saturated heterocycles. The van der Waals surface area contributed by atoms with Crippen molar-refractivity contribution >= 4 is 22.3 Å². The lowest BCUT2D eigenvalue weighted by Crippen LogP contribution is -2.15. The third kappa shape index (κ3) is 1.73. The predicted octanol–water partition coefficient (Wildman–Crippen LogP) is 4.01. The number of hydrogen-bond acceptors (Lipinski definition) is 3. The summed E-state index contributed by atoms with van der Waals surface area (Å²) in [6.45, 7) is 0.419. The Kier molecular flexibility index (Phi) is 2.45. The van der Waals surface area contributed by atoms with E-state index in [1.165, 1.54) is 0 Å². The molecule has 2 heterocycles. The molecule has 96 valence electrons. The van der Waals surface area contributed by atoms with Gasteiger partial charge in [-0.15, -0.1) is 0 Å². The van der Waals surface area contributed by atoms with Crippen LogP contribution >= 0.6 is 0 Å². The number of benzene rings is 2. The largest absolute Gasteiger partial charge is 0.431 e. The smallest absolute Gasteiger partial charge is 0.317 e. The van der Waals surface area contributed by atoms with Crippen molar-refractivity contribution < 1.29 is 9.43 Å². The molecule has 4 nitrogen and oxygen atoms in total. The van der Waals surface area contributed by atoms with Gasteiger partial charge < -0.3 is 4.74 Å². The van der Waals surface area contributed by atoms with Crippen molar-refractivity contribution in [3.05, 3.63) is 60.8 Å². The second-order valence-electron chi connectivity index (χ2n) is 4.59. The first-order valence-corrected chi connectivity index (χ1v) is 6.46. The number of ether oxygens (including phenoxy) is 1. The molecule has 1 aromatic heterocycles. The van der Waals surface area contributed by atoms with Crippen LogP contribution in [0.4, 0.5) is 11.4 Å². The second kappa shape index (κ2) is 4.42. The summed E-state index contributed by atoms with van der Waals surface area (Å²) in [5, 5.41) is 5.72. The Morgan fingerprint density at radius 2 is 1.85 bits per heavy atom. The number of azo groups is 2. The fourth-order valence-corrected chi connectivity index (χ4v) is 2.35. The van der Waals surface area contributed by atoms with Crippen molar-refractivity contribution in [2.45, 2.75) is 0 Å². The summed E-state index contributed by atoms with van der Waals surface area (Å²) in [5.41, 5.74) is 2.78. The lowest BCUT2D eigenvalue weighted by atomic mass is 10.1. The number of hydrogen-bond donors (Lipinski definition) is 0. The molecule has 20 heavy (non-hydrogen) atoms. The summed E-state index contributed by atoms with van der Waals surface area (Å²) in [6, 6.07) is 17.8. The van der Waals surface area contributed by atoms with Gasteiger partial charge in [0, 0.05) is 28.8 Å². The van der Waals surface area contributed by atoms with Gasteiger partial charge in [0.1, 0.15) is 0 Å². The summed E-state index contributed by atoms with van der Waals surface area (Å²) in [5.74, 6) is 0.803. The molecule has 0 spiro atoms. The monoisotopic (exact) mass is 262 g/mol. The predicted molar refractivity (Wildman–Crippen MR) is 75.7 cm³/mol. The summed E-state index contributed by atoms with van der Waals surface area (Å²) in [4.78, 5) is 4.35. The van der Waals surface area contributed by atoms with E-state index < -0.39 is 0 Å². The van der Waals surface area contributed by atoms with Crippen LogP contribution in [-0.4, -0.2) is 16.4 Å². The van der Waals surface area contributed by atoms with Crippen molar-refractivity contribution in [3.63, 3.8) is 0 Å². The van der Waals surface area contributed by atoms with Crippen LogP contribution in [0.25, 0.3) is 10.9 Å². The maximum Gasteiger partial charge on any atom is 0.317 e. The minimum atomic E-state index is 0.419. The van der Waals surface area contributed by atoms with E-state index in [4.69, 9.17) is 9.85 Å². The molecule has 0 amide bonds. The average Bonchev–Trinajstić information content (AvgIpc) is 2.55. The Morgan fingerprint density at radius 1 is 0.950 bits per heavy atom. The van der Waals surface area contributed by atoms with Crippen LogP contribution in [0.2, 0.25) is 0 Å². The molecule has 0 N–H and O–H groups in total. The number of nitrogens with zero attached hydrogens (tertiary/aromatic N) is 3. The SMILES string of the molecule is c1ccc([N+]2=Nc3c(ccc4ncccc34)OC2)cc1. The van der Waals surface area contributed by atoms with E-state index in [9.17, 15) is 0 Å². The Labute approximate surface area is 116 Å². The van der Waals surface area contributed by atoms with Crippen LogP contribution in [0.1, 0.15) is 0 Å². The van der Waals surface area contributed by atoms with Crippen molar-refractivity contribution in [3.8, 4) is 5.75 Å². The van der Waals surface area contributed by atoms with Crippen LogP contribution < -0.4 is 4.74 Å². The zero-order chi connectivity index (χ0) is 13.4. The minimum Gasteiger partial charge on any atom is -0.431 e. The number of rotatable bonds is 1. The van der Waals surface area contributed by atoms with Crippen molar-refractivity contribution in [1.82, 2.24) is 4.98 Å². The van der Waals surface area contributed by atoms with Gasteiger partial charge >= 0.3 is 6.73 Å². The van der Waals surface area contributed by atoms with E-state index in [1.54, 1.807) is 6.20 Å². The molecule has 0 radical (unpaired) electrons. The Balaban J connectivity index is 1.93. The lowest BCUT2D eigenvalue weighted by Gasteiger charge is -2.12. The van der Waals surface area contributed by atoms with Gasteiger partial charge in [-0.1, -0.05) is 18.2 Å². The highest BCUT2D eigenvalue weighted by molar-refractivity contribution is 5.92. The number of para-hydroxylation sites is 1. The first kappa shape index (κ1) is 11.1. The lowest BCUT2D eigenvalue weighted by molar-refractivity contribution is -0.544. The van der Waals surface area contributed by atoms with Crippen molar-refractivity contribution in [2.24, 2.45) is 5.11 Å². The minimum absolute atomic E-state index is 0.419. The zero-order valence-electron chi connectivity index (χ0n) is 10.7. The maximum absolute atomic E-state index is 5.80. The first-order chi connectivity index (χ1) is 9.92. The molecule has 4 rings (SSSR count). The van der Waals surface area contributed by atoms with Gasteiger partial charge in [0.15, 0.2) is 11.4 Å². The zero-order valence-corrected chi connectivity index (χ0v) is 10.7. The van der Waals surface area contributed by atoms with E-state index in [-0.39, 0.29) is 0 Å². The summed E-state index contributed by atoms with van der Waals surface area (Å²) < 4.78 is 7.66. The van der Waals surface area contributed by atoms with Crippen LogP contribution in [0.3, 0.4) is 0 Å². The highest BCUT2D eigenvalue weighted by atomic mass is 16.5. The van der Waals surface area contributed by atoms with Crippen LogP contribution in [0, 0.1) is 0 Å². The fourth-order valence-electron chi connectivity index (χ4n) is 2.35. The Hall–Kier alpha value is -2.75. The molecule has 0 saturated carbocycles. The normalized spacial score (nSPS) is 13.5. The van der Waals surface area contributed by atoms with E-state index in [0.29, 0.717) is 6.73 Å². The third-order valence-electron chi connectivity index (χ3n) is 3.34. The van der Waals surface area contributed by atoms with E-state index in [1.807, 2.05) is 59.3 Å². The summed E-state index contributed by atoms with van der Waals surface area (Å²) in [7, 11) is 0. The molecule has 0 atom stereocenters. The standard InChI is InChI=1S/C16H12N3O/c1-2-5-12(6-3-1)19-11-20-15-9-8-14-13(16(15)18-19)7-4-10-17-14/h1-10H,11H2/q+1. The molecule has 0 bridgehead atoms. The Morgan fingerprint density at radius 3 is 2.75 bits per heavy atom. The van der Waals surface area contributed by atoms with Gasteiger partial charge in [-0.05, 0) is 29.0 Å². The van der Waals surface area contributed by atoms with Crippen molar-refractivity contribution in [1.29, 1.82) is 0 Å². The van der Waals surface area contributed by atoms with Crippen LogP contribution in [0.15, 0.2) is 65.9 Å². The quantitative estimate of drug-likeness (QED) is 0.621. The molecule has 0 fully saturated rings. The number of fused-ring (bicyclic) bond motifs is 3. The molecule has 0 aliphatic carbocycles. The highest BCUT2D eigenvalue weighted by Gasteiger charge is 2.22. The molecular weight excluding hydrogens is 250 g/mol. The molecule has 2 aromatic carbocycles. The fraction of sp³-hybridized carbons (Fsp3) is 0.0625. The van der Waals surface area contributed by atoms with Gasteiger partial charge in [0.2, 0.25) is 5.69 Å². The average molecular weight is 262 g/mol. The number of pyridine rings is 1. The van der Waals surface area contributed by atoms with E-state index in [2.05, 4.69) is 4.98 Å². The van der Waals surface area contributed by atoms with Crippen LogP contribution in [-0.2, 0) is 0 Å². The Bertz CT molecular complexity index is 812. The first-order valence-electron chi connectivity index (χ1n) is 6.46. The van der Waals surface area contributed by atoms with Gasteiger partial charge in [-0.25, -0.2) is 0 Å². The molecule has 1 aliphatic rings. The molecular formula is C16H12N3O+. The topological polar surface area (TPSA) is 37.5 Å². The molecule has 1 aliphatic heterocycles. The van der Waals surface area contributed by atoms with E-state index >= 15 is 0 Å². The second-order valence-corrected chi connectivity index (χ2v) is 4.59. The van der Waals surface area contributed by atoms with Gasteiger partial charge in [-0.3, -0.25) is 4.98 Å². The van der Waals surface area contributed by atoms with Gasteiger partial charge in [0.25, 0.3) is 0 Å².